The molecular weight excluding hydrogens is 269 g/mol. The van der Waals surface area contributed by atoms with Crippen molar-refractivity contribution in [2.45, 2.75) is 32.1 Å². The predicted molar refractivity (Wildman–Crippen MR) is 69.8 cm³/mol. The first-order valence-corrected chi connectivity index (χ1v) is 7.50. The van der Waals surface area contributed by atoms with E-state index < -0.39 is 15.5 Å². The van der Waals surface area contributed by atoms with Crippen LogP contribution in [0.3, 0.4) is 0 Å². The lowest BCUT2D eigenvalue weighted by atomic mass is 10.0. The molecule has 0 aromatic heterocycles. The van der Waals surface area contributed by atoms with Crippen LogP contribution in [-0.4, -0.2) is 31.0 Å². The van der Waals surface area contributed by atoms with Gasteiger partial charge in [-0.25, -0.2) is 0 Å². The summed E-state index contributed by atoms with van der Waals surface area (Å²) >= 11 is 0. The zero-order valence-corrected chi connectivity index (χ0v) is 11.7. The molecule has 1 fully saturated rings. The van der Waals surface area contributed by atoms with E-state index in [1.54, 1.807) is 0 Å². The zero-order valence-electron chi connectivity index (χ0n) is 10.9. The standard InChI is InChI=1S/C13H16FNO3S/c1-9-4-3-5-10(2)12(9)8-15-7-11(6-13(15)16)19(14,17)18/h3-5,11H,6-8H2,1-2H3. The maximum absolute atomic E-state index is 12.9. The Morgan fingerprint density at radius 1 is 1.32 bits per heavy atom. The number of rotatable bonds is 3. The highest BCUT2D eigenvalue weighted by molar-refractivity contribution is 7.87. The Morgan fingerprint density at radius 2 is 1.89 bits per heavy atom. The van der Waals surface area contributed by atoms with Gasteiger partial charge in [0.05, 0.1) is 0 Å². The van der Waals surface area contributed by atoms with Crippen molar-refractivity contribution in [1.82, 2.24) is 4.90 Å². The van der Waals surface area contributed by atoms with E-state index >= 15 is 0 Å². The fourth-order valence-corrected chi connectivity index (χ4v) is 3.07. The highest BCUT2D eigenvalue weighted by atomic mass is 32.3. The van der Waals surface area contributed by atoms with E-state index in [1.165, 1.54) is 4.90 Å². The monoisotopic (exact) mass is 285 g/mol. The minimum absolute atomic E-state index is 0.0640. The van der Waals surface area contributed by atoms with Gasteiger partial charge >= 0.3 is 10.2 Å². The Bertz CT molecular complexity index is 592. The van der Waals surface area contributed by atoms with Crippen molar-refractivity contribution in [2.75, 3.05) is 6.54 Å². The number of amides is 1. The van der Waals surface area contributed by atoms with Gasteiger partial charge < -0.3 is 4.90 Å². The Balaban J connectivity index is 2.19. The maximum atomic E-state index is 12.9. The van der Waals surface area contributed by atoms with Gasteiger partial charge in [0, 0.05) is 19.5 Å². The molecule has 1 unspecified atom stereocenters. The van der Waals surface area contributed by atoms with Crippen LogP contribution in [0.5, 0.6) is 0 Å². The SMILES string of the molecule is Cc1cccc(C)c1CN1CC(S(=O)(=O)F)CC1=O. The van der Waals surface area contributed by atoms with Crippen LogP contribution in [0, 0.1) is 13.8 Å². The summed E-state index contributed by atoms with van der Waals surface area (Å²) in [6.45, 7) is 4.15. The topological polar surface area (TPSA) is 54.5 Å². The van der Waals surface area contributed by atoms with Gasteiger partial charge in [-0.2, -0.15) is 8.42 Å². The van der Waals surface area contributed by atoms with Gasteiger partial charge in [-0.1, -0.05) is 18.2 Å². The summed E-state index contributed by atoms with van der Waals surface area (Å²) in [6.07, 6.45) is -0.260. The lowest BCUT2D eigenvalue weighted by Crippen LogP contribution is -2.27. The van der Waals surface area contributed by atoms with Crippen LogP contribution >= 0.6 is 0 Å². The molecule has 1 heterocycles. The van der Waals surface area contributed by atoms with Crippen LogP contribution < -0.4 is 0 Å². The fourth-order valence-electron chi connectivity index (χ4n) is 2.37. The smallest absolute Gasteiger partial charge is 0.307 e. The number of aryl methyl sites for hydroxylation is 2. The van der Waals surface area contributed by atoms with E-state index in [4.69, 9.17) is 0 Å². The minimum atomic E-state index is -4.64. The molecule has 1 aromatic carbocycles. The molecule has 1 saturated heterocycles. The predicted octanol–water partition coefficient (Wildman–Crippen LogP) is 1.70. The Hall–Kier alpha value is -1.43. The van der Waals surface area contributed by atoms with E-state index in [9.17, 15) is 17.1 Å². The normalized spacial score (nSPS) is 20.1. The zero-order chi connectivity index (χ0) is 14.2. The Labute approximate surface area is 112 Å². The van der Waals surface area contributed by atoms with Crippen LogP contribution in [0.1, 0.15) is 23.1 Å². The average molecular weight is 285 g/mol. The highest BCUT2D eigenvalue weighted by Crippen LogP contribution is 2.23. The lowest BCUT2D eigenvalue weighted by Gasteiger charge is -2.19. The summed E-state index contributed by atoms with van der Waals surface area (Å²) in [4.78, 5) is 13.2. The van der Waals surface area contributed by atoms with Gasteiger partial charge in [-0.3, -0.25) is 4.79 Å². The van der Waals surface area contributed by atoms with Crippen molar-refractivity contribution >= 4 is 16.1 Å². The summed E-state index contributed by atoms with van der Waals surface area (Å²) in [7, 11) is -4.64. The van der Waals surface area contributed by atoms with Crippen LogP contribution in [0.15, 0.2) is 18.2 Å². The third-order valence-corrected chi connectivity index (χ3v) is 4.68. The quantitative estimate of drug-likeness (QED) is 0.794. The number of likely N-dealkylation sites (tertiary alicyclic amines) is 1. The summed E-state index contributed by atoms with van der Waals surface area (Å²) in [5, 5.41) is -1.22. The molecule has 0 spiro atoms. The summed E-state index contributed by atoms with van der Waals surface area (Å²) < 4.78 is 34.7. The molecule has 0 saturated carbocycles. The lowest BCUT2D eigenvalue weighted by molar-refractivity contribution is -0.128. The molecule has 104 valence electrons. The molecule has 2 rings (SSSR count). The molecule has 6 heteroatoms. The van der Waals surface area contributed by atoms with E-state index in [-0.39, 0.29) is 18.9 Å². The number of carbonyl (C=O) groups excluding carboxylic acids is 1. The van der Waals surface area contributed by atoms with Crippen molar-refractivity contribution in [3.8, 4) is 0 Å². The van der Waals surface area contributed by atoms with E-state index in [0.29, 0.717) is 6.54 Å². The maximum Gasteiger partial charge on any atom is 0.307 e. The van der Waals surface area contributed by atoms with Crippen molar-refractivity contribution in [2.24, 2.45) is 0 Å². The van der Waals surface area contributed by atoms with Crippen molar-refractivity contribution in [3.05, 3.63) is 34.9 Å². The number of hydrogen-bond donors (Lipinski definition) is 0. The third-order valence-electron chi connectivity index (χ3n) is 3.57. The van der Waals surface area contributed by atoms with Crippen LogP contribution in [-0.2, 0) is 21.6 Å². The summed E-state index contributed by atoms with van der Waals surface area (Å²) in [6, 6.07) is 5.80. The third kappa shape index (κ3) is 2.94. The van der Waals surface area contributed by atoms with Crippen LogP contribution in [0.2, 0.25) is 0 Å². The molecule has 1 aliphatic heterocycles. The highest BCUT2D eigenvalue weighted by Gasteiger charge is 2.38. The largest absolute Gasteiger partial charge is 0.337 e. The van der Waals surface area contributed by atoms with Gasteiger partial charge in [-0.05, 0) is 30.5 Å². The number of halogens is 1. The second-order valence-corrected chi connectivity index (χ2v) is 6.56. The van der Waals surface area contributed by atoms with E-state index in [1.807, 2.05) is 32.0 Å². The van der Waals surface area contributed by atoms with E-state index in [0.717, 1.165) is 16.7 Å². The minimum Gasteiger partial charge on any atom is -0.337 e. The number of nitrogens with zero attached hydrogens (tertiary/aromatic N) is 1. The van der Waals surface area contributed by atoms with Crippen LogP contribution in [0.25, 0.3) is 0 Å². The Morgan fingerprint density at radius 3 is 2.37 bits per heavy atom. The number of carbonyl (C=O) groups is 1. The summed E-state index contributed by atoms with van der Waals surface area (Å²) in [5.41, 5.74) is 3.08. The molecule has 0 aliphatic carbocycles. The first kappa shape index (κ1) is 14.0. The molecule has 1 amide bonds. The number of benzene rings is 1. The molecule has 4 nitrogen and oxygen atoms in total. The van der Waals surface area contributed by atoms with Gasteiger partial charge in [0.25, 0.3) is 0 Å². The van der Waals surface area contributed by atoms with Crippen molar-refractivity contribution in [3.63, 3.8) is 0 Å². The molecule has 1 atom stereocenters. The van der Waals surface area contributed by atoms with Crippen LogP contribution in [0.4, 0.5) is 3.89 Å². The van der Waals surface area contributed by atoms with Gasteiger partial charge in [0.15, 0.2) is 0 Å². The molecule has 19 heavy (non-hydrogen) atoms. The fraction of sp³-hybridized carbons (Fsp3) is 0.462. The Kier molecular flexibility index (Phi) is 3.62. The summed E-state index contributed by atoms with van der Waals surface area (Å²) in [5.74, 6) is -0.311. The van der Waals surface area contributed by atoms with Gasteiger partial charge in [-0.15, -0.1) is 3.89 Å². The van der Waals surface area contributed by atoms with Gasteiger partial charge in [0.2, 0.25) is 5.91 Å². The first-order chi connectivity index (χ1) is 8.79. The van der Waals surface area contributed by atoms with Gasteiger partial charge in [0.1, 0.15) is 5.25 Å². The molecule has 1 aromatic rings. The molecule has 0 N–H and O–H groups in total. The number of hydrogen-bond acceptors (Lipinski definition) is 3. The molecule has 0 radical (unpaired) electrons. The molecule has 1 aliphatic rings. The molecule has 0 bridgehead atoms. The average Bonchev–Trinajstić information content (AvgIpc) is 2.65. The van der Waals surface area contributed by atoms with E-state index in [2.05, 4.69) is 0 Å². The van der Waals surface area contributed by atoms with Crippen molar-refractivity contribution < 1.29 is 17.1 Å². The van der Waals surface area contributed by atoms with Crippen molar-refractivity contribution in [1.29, 1.82) is 0 Å². The molecular formula is C13H16FNO3S. The second-order valence-electron chi connectivity index (χ2n) is 4.95. The first-order valence-electron chi connectivity index (χ1n) is 6.05. The second kappa shape index (κ2) is 4.92.